The van der Waals surface area contributed by atoms with Crippen LogP contribution in [0.2, 0.25) is 0 Å². The minimum Gasteiger partial charge on any atom is -0.312 e. The molecule has 1 aromatic heterocycles. The Morgan fingerprint density at radius 2 is 2.50 bits per heavy atom. The van der Waals surface area contributed by atoms with E-state index in [1.807, 2.05) is 20.0 Å². The topological polar surface area (TPSA) is 37.8 Å². The molecule has 0 saturated heterocycles. The maximum Gasteiger partial charge on any atom is 0.0772 e. The average Bonchev–Trinajstić information content (AvgIpc) is 2.47. The average molecular weight is 183 g/mol. The third-order valence-electron chi connectivity index (χ3n) is 1.75. The number of aromatic nitrogens is 2. The molecule has 0 bridgehead atoms. The highest BCUT2D eigenvalue weighted by Gasteiger charge is 2.12. The van der Waals surface area contributed by atoms with Crippen molar-refractivity contribution in [3.63, 3.8) is 0 Å². The zero-order valence-corrected chi connectivity index (χ0v) is 8.19. The zero-order chi connectivity index (χ0) is 8.97. The van der Waals surface area contributed by atoms with Crippen LogP contribution in [0.25, 0.3) is 0 Å². The van der Waals surface area contributed by atoms with Gasteiger partial charge in [0.05, 0.1) is 10.6 Å². The molecule has 1 heterocycles. The third kappa shape index (κ3) is 1.89. The lowest BCUT2D eigenvalue weighted by Gasteiger charge is -2.10. The number of rotatable bonds is 4. The highest BCUT2D eigenvalue weighted by molar-refractivity contribution is 7.05. The van der Waals surface area contributed by atoms with Gasteiger partial charge in [-0.3, -0.25) is 0 Å². The SMILES string of the molecule is C=CCC(NC)c1snnc1C. The highest BCUT2D eigenvalue weighted by atomic mass is 32.1. The van der Waals surface area contributed by atoms with Crippen LogP contribution >= 0.6 is 11.5 Å². The van der Waals surface area contributed by atoms with E-state index in [0.29, 0.717) is 6.04 Å². The molecule has 66 valence electrons. The summed E-state index contributed by atoms with van der Waals surface area (Å²) < 4.78 is 3.89. The fourth-order valence-corrected chi connectivity index (χ4v) is 1.84. The lowest BCUT2D eigenvalue weighted by Crippen LogP contribution is -2.15. The molecule has 12 heavy (non-hydrogen) atoms. The molecule has 0 fully saturated rings. The Morgan fingerprint density at radius 1 is 1.75 bits per heavy atom. The lowest BCUT2D eigenvalue weighted by molar-refractivity contribution is 0.609. The van der Waals surface area contributed by atoms with Crippen LogP contribution in [0.3, 0.4) is 0 Å². The van der Waals surface area contributed by atoms with Crippen molar-refractivity contribution in [2.75, 3.05) is 7.05 Å². The van der Waals surface area contributed by atoms with Crippen molar-refractivity contribution in [3.05, 3.63) is 23.2 Å². The van der Waals surface area contributed by atoms with Gasteiger partial charge in [-0.05, 0) is 31.9 Å². The maximum absolute atomic E-state index is 3.96. The van der Waals surface area contributed by atoms with Crippen molar-refractivity contribution in [1.29, 1.82) is 0 Å². The number of nitrogens with zero attached hydrogens (tertiary/aromatic N) is 2. The Kier molecular flexibility index (Phi) is 3.37. The number of hydrogen-bond acceptors (Lipinski definition) is 4. The summed E-state index contributed by atoms with van der Waals surface area (Å²) in [5.41, 5.74) is 1.02. The first-order valence-electron chi connectivity index (χ1n) is 3.86. The highest BCUT2D eigenvalue weighted by Crippen LogP contribution is 2.22. The smallest absolute Gasteiger partial charge is 0.0772 e. The molecule has 3 nitrogen and oxygen atoms in total. The van der Waals surface area contributed by atoms with E-state index in [2.05, 4.69) is 21.5 Å². The molecule has 1 unspecified atom stereocenters. The van der Waals surface area contributed by atoms with Crippen LogP contribution in [-0.4, -0.2) is 16.6 Å². The summed E-state index contributed by atoms with van der Waals surface area (Å²) in [6, 6.07) is 0.322. The summed E-state index contributed by atoms with van der Waals surface area (Å²) in [5.74, 6) is 0. The van der Waals surface area contributed by atoms with Gasteiger partial charge in [-0.15, -0.1) is 11.7 Å². The standard InChI is InChI=1S/C8H13N3S/c1-4-5-7(9-3)8-6(2)10-11-12-8/h4,7,9H,1,5H2,2-3H3. The monoisotopic (exact) mass is 183 g/mol. The molecule has 0 spiro atoms. The van der Waals surface area contributed by atoms with Crippen LogP contribution in [-0.2, 0) is 0 Å². The Bertz CT molecular complexity index is 257. The van der Waals surface area contributed by atoms with Crippen LogP contribution in [0.5, 0.6) is 0 Å². The maximum atomic E-state index is 3.96. The predicted octanol–water partition coefficient (Wildman–Crippen LogP) is 1.68. The minimum absolute atomic E-state index is 0.322. The molecule has 1 atom stereocenters. The molecule has 4 heteroatoms. The van der Waals surface area contributed by atoms with Gasteiger partial charge in [-0.1, -0.05) is 10.6 Å². The molecular weight excluding hydrogens is 170 g/mol. The van der Waals surface area contributed by atoms with Crippen molar-refractivity contribution >= 4 is 11.5 Å². The predicted molar refractivity (Wildman–Crippen MR) is 51.3 cm³/mol. The lowest BCUT2D eigenvalue weighted by atomic mass is 10.1. The van der Waals surface area contributed by atoms with E-state index in [0.717, 1.165) is 12.1 Å². The van der Waals surface area contributed by atoms with Crippen LogP contribution in [0.15, 0.2) is 12.7 Å². The van der Waals surface area contributed by atoms with E-state index in [1.54, 1.807) is 0 Å². The third-order valence-corrected chi connectivity index (χ3v) is 2.69. The van der Waals surface area contributed by atoms with Crippen molar-refractivity contribution in [3.8, 4) is 0 Å². The summed E-state index contributed by atoms with van der Waals surface area (Å²) in [7, 11) is 1.94. The van der Waals surface area contributed by atoms with Crippen LogP contribution < -0.4 is 5.32 Å². The number of aryl methyl sites for hydroxylation is 1. The number of nitrogens with one attached hydrogen (secondary N) is 1. The second-order valence-electron chi connectivity index (χ2n) is 2.59. The van der Waals surface area contributed by atoms with Gasteiger partial charge in [0.25, 0.3) is 0 Å². The molecule has 0 saturated carbocycles. The molecular formula is C8H13N3S. The summed E-state index contributed by atoms with van der Waals surface area (Å²) in [6.07, 6.45) is 2.82. The van der Waals surface area contributed by atoms with E-state index in [-0.39, 0.29) is 0 Å². The molecule has 0 aliphatic heterocycles. The van der Waals surface area contributed by atoms with Crippen molar-refractivity contribution in [1.82, 2.24) is 14.9 Å². The largest absolute Gasteiger partial charge is 0.312 e. The van der Waals surface area contributed by atoms with Gasteiger partial charge in [0, 0.05) is 6.04 Å². The van der Waals surface area contributed by atoms with Gasteiger partial charge in [0.15, 0.2) is 0 Å². The molecule has 1 rings (SSSR count). The van der Waals surface area contributed by atoms with E-state index >= 15 is 0 Å². The Hall–Kier alpha value is -0.740. The van der Waals surface area contributed by atoms with E-state index in [9.17, 15) is 0 Å². The Balaban J connectivity index is 2.78. The van der Waals surface area contributed by atoms with Gasteiger partial charge in [0.1, 0.15) is 0 Å². The van der Waals surface area contributed by atoms with Crippen molar-refractivity contribution in [2.45, 2.75) is 19.4 Å². The van der Waals surface area contributed by atoms with Crippen molar-refractivity contribution in [2.24, 2.45) is 0 Å². The fraction of sp³-hybridized carbons (Fsp3) is 0.500. The van der Waals surface area contributed by atoms with Gasteiger partial charge < -0.3 is 5.32 Å². The quantitative estimate of drug-likeness (QED) is 0.722. The van der Waals surface area contributed by atoms with Crippen LogP contribution in [0.1, 0.15) is 23.0 Å². The van der Waals surface area contributed by atoms with E-state index < -0.39 is 0 Å². The zero-order valence-electron chi connectivity index (χ0n) is 7.37. The second-order valence-corrected chi connectivity index (χ2v) is 3.37. The first-order valence-corrected chi connectivity index (χ1v) is 4.64. The van der Waals surface area contributed by atoms with Gasteiger partial charge in [0.2, 0.25) is 0 Å². The molecule has 0 aliphatic rings. The first kappa shape index (κ1) is 9.35. The van der Waals surface area contributed by atoms with Gasteiger partial charge in [-0.25, -0.2) is 0 Å². The van der Waals surface area contributed by atoms with Gasteiger partial charge >= 0.3 is 0 Å². The second kappa shape index (κ2) is 4.33. The number of hydrogen-bond donors (Lipinski definition) is 1. The molecule has 0 amide bonds. The summed E-state index contributed by atoms with van der Waals surface area (Å²) in [4.78, 5) is 1.21. The Morgan fingerprint density at radius 3 is 2.92 bits per heavy atom. The molecule has 0 radical (unpaired) electrons. The molecule has 1 aromatic rings. The minimum atomic E-state index is 0.322. The fourth-order valence-electron chi connectivity index (χ4n) is 1.08. The normalized spacial score (nSPS) is 12.8. The summed E-state index contributed by atoms with van der Waals surface area (Å²) in [5, 5.41) is 7.17. The van der Waals surface area contributed by atoms with Crippen LogP contribution in [0.4, 0.5) is 0 Å². The molecule has 1 N–H and O–H groups in total. The molecule has 0 aromatic carbocycles. The summed E-state index contributed by atoms with van der Waals surface area (Å²) >= 11 is 1.45. The first-order chi connectivity index (χ1) is 5.79. The van der Waals surface area contributed by atoms with Crippen molar-refractivity contribution < 1.29 is 0 Å². The molecule has 0 aliphatic carbocycles. The van der Waals surface area contributed by atoms with Gasteiger partial charge in [-0.2, -0.15) is 0 Å². The van der Waals surface area contributed by atoms with E-state index in [1.165, 1.54) is 16.4 Å². The summed E-state index contributed by atoms with van der Waals surface area (Å²) in [6.45, 7) is 5.69. The van der Waals surface area contributed by atoms with E-state index in [4.69, 9.17) is 0 Å². The van der Waals surface area contributed by atoms with Crippen LogP contribution in [0, 0.1) is 6.92 Å². The Labute approximate surface area is 76.7 Å².